The average Bonchev–Trinajstić information content (AvgIpc) is 2.32. The quantitative estimate of drug-likeness (QED) is 0.537. The minimum Gasteiger partial charge on any atom is -0.377 e. The van der Waals surface area contributed by atoms with Crippen molar-refractivity contribution in [3.8, 4) is 0 Å². The summed E-state index contributed by atoms with van der Waals surface area (Å²) in [5, 5.41) is 17.1. The van der Waals surface area contributed by atoms with Crippen LogP contribution >= 0.6 is 0 Å². The first-order valence-corrected chi connectivity index (χ1v) is 3.57. The molecular weight excluding hydrogens is 160 g/mol. The molecule has 0 bridgehead atoms. The van der Waals surface area contributed by atoms with Crippen molar-refractivity contribution >= 4 is 11.5 Å². The molecule has 0 radical (unpaired) electrons. The van der Waals surface area contributed by atoms with Crippen molar-refractivity contribution in [2.45, 2.75) is 6.92 Å². The molecule has 12 heavy (non-hydrogen) atoms. The van der Waals surface area contributed by atoms with E-state index in [0.29, 0.717) is 12.2 Å². The van der Waals surface area contributed by atoms with E-state index in [2.05, 4.69) is 10.4 Å². The molecule has 0 aliphatic heterocycles. The summed E-state index contributed by atoms with van der Waals surface area (Å²) in [6.45, 7) is 2.52. The zero-order chi connectivity index (χ0) is 9.14. The van der Waals surface area contributed by atoms with Crippen molar-refractivity contribution in [3.05, 3.63) is 16.3 Å². The lowest BCUT2D eigenvalue weighted by Crippen LogP contribution is -2.02. The predicted molar refractivity (Wildman–Crippen MR) is 44.0 cm³/mol. The average molecular weight is 170 g/mol. The van der Waals surface area contributed by atoms with Gasteiger partial charge in [-0.05, 0) is 11.8 Å². The smallest absolute Gasteiger partial charge is 0.368 e. The SMILES string of the molecule is CCNc1cnn(C)c1[N+](=O)[O-]. The van der Waals surface area contributed by atoms with Crippen molar-refractivity contribution in [2.24, 2.45) is 7.05 Å². The van der Waals surface area contributed by atoms with Crippen molar-refractivity contribution in [1.29, 1.82) is 0 Å². The van der Waals surface area contributed by atoms with E-state index >= 15 is 0 Å². The standard InChI is InChI=1S/C6H10N4O2/c1-3-7-5-4-8-9(2)6(5)10(11)12/h4,7H,3H2,1-2H3. The van der Waals surface area contributed by atoms with Crippen LogP contribution in [0, 0.1) is 10.1 Å². The molecule has 0 spiro atoms. The van der Waals surface area contributed by atoms with E-state index < -0.39 is 4.92 Å². The second-order valence-electron chi connectivity index (χ2n) is 2.29. The molecular formula is C6H10N4O2. The van der Waals surface area contributed by atoms with E-state index in [-0.39, 0.29) is 5.82 Å². The van der Waals surface area contributed by atoms with Gasteiger partial charge >= 0.3 is 5.82 Å². The van der Waals surface area contributed by atoms with Crippen LogP contribution in [0.4, 0.5) is 11.5 Å². The van der Waals surface area contributed by atoms with Crippen LogP contribution in [0.5, 0.6) is 0 Å². The molecule has 0 aliphatic carbocycles. The maximum Gasteiger partial charge on any atom is 0.368 e. The molecule has 0 aromatic carbocycles. The third kappa shape index (κ3) is 1.36. The van der Waals surface area contributed by atoms with Gasteiger partial charge in [-0.25, -0.2) is 0 Å². The van der Waals surface area contributed by atoms with E-state index in [1.165, 1.54) is 10.9 Å². The third-order valence-electron chi connectivity index (χ3n) is 1.45. The van der Waals surface area contributed by atoms with Crippen molar-refractivity contribution in [1.82, 2.24) is 9.78 Å². The normalized spacial score (nSPS) is 9.83. The number of aryl methyl sites for hydroxylation is 1. The fourth-order valence-corrected chi connectivity index (χ4v) is 0.963. The lowest BCUT2D eigenvalue weighted by atomic mass is 10.5. The molecule has 1 aromatic rings. The Balaban J connectivity index is 3.04. The molecule has 1 rings (SSSR count). The van der Waals surface area contributed by atoms with Gasteiger partial charge in [0.05, 0.1) is 0 Å². The van der Waals surface area contributed by atoms with Crippen molar-refractivity contribution in [2.75, 3.05) is 11.9 Å². The number of anilines is 1. The molecule has 0 atom stereocenters. The second kappa shape index (κ2) is 3.21. The summed E-state index contributed by atoms with van der Waals surface area (Å²) in [4.78, 5) is 10.0. The first kappa shape index (κ1) is 8.51. The molecule has 0 amide bonds. The first-order chi connectivity index (χ1) is 5.66. The van der Waals surface area contributed by atoms with Crippen LogP contribution in [0.1, 0.15) is 6.92 Å². The number of nitrogens with zero attached hydrogens (tertiary/aromatic N) is 3. The first-order valence-electron chi connectivity index (χ1n) is 3.57. The van der Waals surface area contributed by atoms with Gasteiger partial charge in [-0.3, -0.25) is 0 Å². The van der Waals surface area contributed by atoms with Crippen LogP contribution in [-0.2, 0) is 7.05 Å². The molecule has 6 heteroatoms. The number of aromatic nitrogens is 2. The molecule has 1 aromatic heterocycles. The van der Waals surface area contributed by atoms with Crippen LogP contribution in [0.25, 0.3) is 0 Å². The Morgan fingerprint density at radius 3 is 3.00 bits per heavy atom. The minimum absolute atomic E-state index is 0.00292. The maximum atomic E-state index is 10.5. The topological polar surface area (TPSA) is 73.0 Å². The van der Waals surface area contributed by atoms with Gasteiger partial charge in [-0.2, -0.15) is 0 Å². The molecule has 0 fully saturated rings. The fraction of sp³-hybridized carbons (Fsp3) is 0.500. The number of hydrogen-bond donors (Lipinski definition) is 1. The van der Waals surface area contributed by atoms with Gasteiger partial charge in [0, 0.05) is 6.54 Å². The Bertz CT molecular complexity index is 294. The zero-order valence-electron chi connectivity index (χ0n) is 6.94. The Labute approximate surface area is 69.3 Å². The molecule has 1 N–H and O–H groups in total. The van der Waals surface area contributed by atoms with Crippen LogP contribution in [-0.4, -0.2) is 21.2 Å². The molecule has 6 nitrogen and oxygen atoms in total. The largest absolute Gasteiger partial charge is 0.377 e. The summed E-state index contributed by atoms with van der Waals surface area (Å²) in [5.74, 6) is -0.00292. The highest BCUT2D eigenvalue weighted by Crippen LogP contribution is 2.21. The van der Waals surface area contributed by atoms with Gasteiger partial charge in [0.15, 0.2) is 5.69 Å². The van der Waals surface area contributed by atoms with Gasteiger partial charge in [0.25, 0.3) is 0 Å². The van der Waals surface area contributed by atoms with E-state index in [9.17, 15) is 10.1 Å². The van der Waals surface area contributed by atoms with Crippen LogP contribution in [0.15, 0.2) is 6.20 Å². The third-order valence-corrected chi connectivity index (χ3v) is 1.45. The van der Waals surface area contributed by atoms with Crippen LogP contribution in [0.3, 0.4) is 0 Å². The highest BCUT2D eigenvalue weighted by Gasteiger charge is 2.17. The number of hydrogen-bond acceptors (Lipinski definition) is 4. The Kier molecular flexibility index (Phi) is 2.27. The van der Waals surface area contributed by atoms with Gasteiger partial charge < -0.3 is 15.4 Å². The number of nitro groups is 1. The van der Waals surface area contributed by atoms with E-state index in [1.807, 2.05) is 6.92 Å². The minimum atomic E-state index is -0.453. The predicted octanol–water partition coefficient (Wildman–Crippen LogP) is 0.760. The highest BCUT2D eigenvalue weighted by atomic mass is 16.6. The van der Waals surface area contributed by atoms with Crippen molar-refractivity contribution in [3.63, 3.8) is 0 Å². The van der Waals surface area contributed by atoms with E-state index in [4.69, 9.17) is 0 Å². The number of nitrogens with one attached hydrogen (secondary N) is 1. The van der Waals surface area contributed by atoms with Crippen molar-refractivity contribution < 1.29 is 4.92 Å². The van der Waals surface area contributed by atoms with Gasteiger partial charge in [-0.15, -0.1) is 4.68 Å². The molecule has 1 heterocycles. The lowest BCUT2D eigenvalue weighted by Gasteiger charge is -1.98. The van der Waals surface area contributed by atoms with E-state index in [0.717, 1.165) is 0 Å². The summed E-state index contributed by atoms with van der Waals surface area (Å²) in [5.41, 5.74) is 0.463. The molecule has 0 saturated heterocycles. The Morgan fingerprint density at radius 1 is 1.83 bits per heavy atom. The Hall–Kier alpha value is -1.59. The maximum absolute atomic E-state index is 10.5. The van der Waals surface area contributed by atoms with Gasteiger partial charge in [-0.1, -0.05) is 5.10 Å². The second-order valence-corrected chi connectivity index (χ2v) is 2.29. The molecule has 0 unspecified atom stereocenters. The van der Waals surface area contributed by atoms with Gasteiger partial charge in [0.1, 0.15) is 13.2 Å². The summed E-state index contributed by atoms with van der Waals surface area (Å²) in [7, 11) is 1.54. The summed E-state index contributed by atoms with van der Waals surface area (Å²) in [6, 6.07) is 0. The summed E-state index contributed by atoms with van der Waals surface area (Å²) >= 11 is 0. The molecule has 66 valence electrons. The van der Waals surface area contributed by atoms with E-state index in [1.54, 1.807) is 7.05 Å². The van der Waals surface area contributed by atoms with Crippen LogP contribution < -0.4 is 5.32 Å². The van der Waals surface area contributed by atoms with Gasteiger partial charge in [0.2, 0.25) is 0 Å². The zero-order valence-corrected chi connectivity index (χ0v) is 6.94. The molecule has 0 aliphatic rings. The lowest BCUT2D eigenvalue weighted by molar-refractivity contribution is -0.391. The number of rotatable bonds is 3. The summed E-state index contributed by atoms with van der Waals surface area (Å²) in [6.07, 6.45) is 1.45. The highest BCUT2D eigenvalue weighted by molar-refractivity contribution is 5.56. The fourth-order valence-electron chi connectivity index (χ4n) is 0.963. The Morgan fingerprint density at radius 2 is 2.50 bits per heavy atom. The summed E-state index contributed by atoms with van der Waals surface area (Å²) < 4.78 is 1.23. The van der Waals surface area contributed by atoms with Crippen LogP contribution in [0.2, 0.25) is 0 Å². The monoisotopic (exact) mass is 170 g/mol. The molecule has 0 saturated carbocycles.